The fourth-order valence-electron chi connectivity index (χ4n) is 2.05. The Morgan fingerprint density at radius 2 is 1.96 bits per heavy atom. The summed E-state index contributed by atoms with van der Waals surface area (Å²) in [7, 11) is 0. The molecule has 0 aliphatic carbocycles. The number of ether oxygens (including phenoxy) is 1. The third-order valence-corrected chi connectivity index (χ3v) is 3.36. The summed E-state index contributed by atoms with van der Waals surface area (Å²) >= 11 is 5.85. The zero-order valence-electron chi connectivity index (χ0n) is 14.3. The summed E-state index contributed by atoms with van der Waals surface area (Å²) in [4.78, 5) is 28.2. The third-order valence-electron chi connectivity index (χ3n) is 3.12. The van der Waals surface area contributed by atoms with E-state index >= 15 is 0 Å². The Morgan fingerprint density at radius 1 is 1.24 bits per heavy atom. The predicted octanol–water partition coefficient (Wildman–Crippen LogP) is 3.45. The van der Waals surface area contributed by atoms with Crippen molar-refractivity contribution in [3.63, 3.8) is 0 Å². The molecule has 1 amide bonds. The Hall–Kier alpha value is -2.60. The average Bonchev–Trinajstić information content (AvgIpc) is 2.47. The molecule has 3 N–H and O–H groups in total. The number of aromatic nitrogens is 1. The van der Waals surface area contributed by atoms with Gasteiger partial charge in [-0.2, -0.15) is 0 Å². The molecular weight excluding hydrogens is 342 g/mol. The number of rotatable bonds is 4. The maximum atomic E-state index is 12.1. The van der Waals surface area contributed by atoms with E-state index in [1.165, 1.54) is 12.3 Å². The number of nitrogen functional groups attached to an aromatic ring is 1. The monoisotopic (exact) mass is 361 g/mol. The first-order valence-corrected chi connectivity index (χ1v) is 8.05. The normalized spacial score (nSPS) is 11.0. The summed E-state index contributed by atoms with van der Waals surface area (Å²) in [5.41, 5.74) is 6.66. The molecule has 0 aliphatic rings. The molecule has 25 heavy (non-hydrogen) atoms. The summed E-state index contributed by atoms with van der Waals surface area (Å²) in [5.74, 6) is -0.383. The maximum absolute atomic E-state index is 12.1. The quantitative estimate of drug-likeness (QED) is 0.642. The van der Waals surface area contributed by atoms with Gasteiger partial charge < -0.3 is 15.8 Å². The van der Waals surface area contributed by atoms with Gasteiger partial charge in [0.05, 0.1) is 12.0 Å². The van der Waals surface area contributed by atoms with E-state index in [-0.39, 0.29) is 12.3 Å². The van der Waals surface area contributed by atoms with Crippen molar-refractivity contribution < 1.29 is 14.3 Å². The smallest absolute Gasteiger partial charge is 0.338 e. The molecule has 6 nitrogen and oxygen atoms in total. The van der Waals surface area contributed by atoms with Gasteiger partial charge in [-0.3, -0.25) is 4.79 Å². The molecule has 1 aromatic carbocycles. The number of nitrogens with zero attached hydrogens (tertiary/aromatic N) is 1. The number of anilines is 2. The molecule has 0 bridgehead atoms. The van der Waals surface area contributed by atoms with Crippen molar-refractivity contribution in [2.45, 2.75) is 32.8 Å². The number of halogens is 1. The standard InChI is InChI=1S/C18H20ClN3O3/c1-18(2,3)25-17(24)12-5-4-11(14(20)8-12)9-16(23)22-15-10-13(19)6-7-21-15/h4-8,10H,9,20H2,1-3H3,(H,21,22,23). The highest BCUT2D eigenvalue weighted by molar-refractivity contribution is 6.30. The van der Waals surface area contributed by atoms with Gasteiger partial charge in [0.2, 0.25) is 5.91 Å². The number of hydrogen-bond acceptors (Lipinski definition) is 5. The molecule has 2 aromatic rings. The highest BCUT2D eigenvalue weighted by Crippen LogP contribution is 2.19. The van der Waals surface area contributed by atoms with Crippen LogP contribution in [-0.2, 0) is 16.0 Å². The lowest BCUT2D eigenvalue weighted by Crippen LogP contribution is -2.24. The molecule has 0 atom stereocenters. The zero-order valence-corrected chi connectivity index (χ0v) is 15.1. The number of esters is 1. The van der Waals surface area contributed by atoms with Crippen molar-refractivity contribution in [1.29, 1.82) is 0 Å². The van der Waals surface area contributed by atoms with Crippen LogP contribution in [0.2, 0.25) is 5.02 Å². The third kappa shape index (κ3) is 5.76. The minimum Gasteiger partial charge on any atom is -0.456 e. The number of pyridine rings is 1. The molecule has 0 unspecified atom stereocenters. The van der Waals surface area contributed by atoms with Crippen molar-refractivity contribution in [3.05, 3.63) is 52.7 Å². The van der Waals surface area contributed by atoms with E-state index in [1.54, 1.807) is 45.0 Å². The van der Waals surface area contributed by atoms with Crippen molar-refractivity contribution in [3.8, 4) is 0 Å². The van der Waals surface area contributed by atoms with Crippen molar-refractivity contribution in [2.24, 2.45) is 0 Å². The number of nitrogens with one attached hydrogen (secondary N) is 1. The largest absolute Gasteiger partial charge is 0.456 e. The van der Waals surface area contributed by atoms with Gasteiger partial charge in [-0.1, -0.05) is 17.7 Å². The second kappa shape index (κ2) is 7.53. The van der Waals surface area contributed by atoms with Gasteiger partial charge in [0.1, 0.15) is 11.4 Å². The molecule has 1 aromatic heterocycles. The Labute approximate surface area is 151 Å². The van der Waals surface area contributed by atoms with Crippen LogP contribution >= 0.6 is 11.6 Å². The van der Waals surface area contributed by atoms with Gasteiger partial charge in [-0.05, 0) is 50.6 Å². The van der Waals surface area contributed by atoms with Crippen LogP contribution in [0.4, 0.5) is 11.5 Å². The number of nitrogens with two attached hydrogens (primary N) is 1. The van der Waals surface area contributed by atoms with Crippen LogP contribution < -0.4 is 11.1 Å². The second-order valence-corrected chi connectivity index (χ2v) is 6.94. The van der Waals surface area contributed by atoms with Gasteiger partial charge in [-0.25, -0.2) is 9.78 Å². The van der Waals surface area contributed by atoms with Crippen molar-refractivity contribution in [1.82, 2.24) is 4.98 Å². The van der Waals surface area contributed by atoms with Crippen LogP contribution in [0.3, 0.4) is 0 Å². The highest BCUT2D eigenvalue weighted by Gasteiger charge is 2.19. The fourth-order valence-corrected chi connectivity index (χ4v) is 2.21. The van der Waals surface area contributed by atoms with E-state index in [1.807, 2.05) is 0 Å². The molecule has 7 heteroatoms. The number of benzene rings is 1. The number of amides is 1. The van der Waals surface area contributed by atoms with E-state index in [0.29, 0.717) is 27.7 Å². The molecule has 0 aliphatic heterocycles. The topological polar surface area (TPSA) is 94.3 Å². The van der Waals surface area contributed by atoms with Gasteiger partial charge >= 0.3 is 5.97 Å². The van der Waals surface area contributed by atoms with Gasteiger partial charge in [0, 0.05) is 16.9 Å². The van der Waals surface area contributed by atoms with E-state index in [2.05, 4.69) is 10.3 Å². The lowest BCUT2D eigenvalue weighted by atomic mass is 10.1. The molecule has 0 saturated carbocycles. The van der Waals surface area contributed by atoms with E-state index in [0.717, 1.165) is 0 Å². The maximum Gasteiger partial charge on any atom is 0.338 e. The second-order valence-electron chi connectivity index (χ2n) is 6.50. The lowest BCUT2D eigenvalue weighted by Gasteiger charge is -2.19. The van der Waals surface area contributed by atoms with E-state index in [4.69, 9.17) is 22.1 Å². The van der Waals surface area contributed by atoms with Crippen molar-refractivity contribution >= 4 is 35.0 Å². The molecular formula is C18H20ClN3O3. The van der Waals surface area contributed by atoms with Crippen molar-refractivity contribution in [2.75, 3.05) is 11.1 Å². The predicted molar refractivity (Wildman–Crippen MR) is 97.6 cm³/mol. The lowest BCUT2D eigenvalue weighted by molar-refractivity contribution is -0.115. The number of carbonyl (C=O) groups excluding carboxylic acids is 2. The van der Waals surface area contributed by atoms with Gasteiger partial charge in [0.15, 0.2) is 0 Å². The first-order valence-electron chi connectivity index (χ1n) is 7.67. The minimum absolute atomic E-state index is 0.0502. The molecule has 0 fully saturated rings. The van der Waals surface area contributed by atoms with Gasteiger partial charge in [0.25, 0.3) is 0 Å². The average molecular weight is 362 g/mol. The molecule has 0 spiro atoms. The molecule has 0 radical (unpaired) electrons. The van der Waals surface area contributed by atoms with Crippen LogP contribution in [0, 0.1) is 0 Å². The summed E-state index contributed by atoms with van der Waals surface area (Å²) in [6, 6.07) is 7.90. The van der Waals surface area contributed by atoms with Crippen LogP contribution in [0.15, 0.2) is 36.5 Å². The molecule has 1 heterocycles. The van der Waals surface area contributed by atoms with Crippen LogP contribution in [0.25, 0.3) is 0 Å². The minimum atomic E-state index is -0.589. The van der Waals surface area contributed by atoms with Crippen LogP contribution in [0.5, 0.6) is 0 Å². The first-order chi connectivity index (χ1) is 11.6. The summed E-state index contributed by atoms with van der Waals surface area (Å²) in [6.07, 6.45) is 1.55. The van der Waals surface area contributed by atoms with E-state index in [9.17, 15) is 9.59 Å². The highest BCUT2D eigenvalue weighted by atomic mass is 35.5. The summed E-state index contributed by atoms with van der Waals surface area (Å²) < 4.78 is 5.30. The van der Waals surface area contributed by atoms with Gasteiger partial charge in [-0.15, -0.1) is 0 Å². The Morgan fingerprint density at radius 3 is 2.56 bits per heavy atom. The Balaban J connectivity index is 2.05. The Bertz CT molecular complexity index is 800. The SMILES string of the molecule is CC(C)(C)OC(=O)c1ccc(CC(=O)Nc2cc(Cl)ccn2)c(N)c1. The zero-order chi connectivity index (χ0) is 18.6. The first kappa shape index (κ1) is 18.7. The molecule has 2 rings (SSSR count). The Kier molecular flexibility index (Phi) is 5.64. The number of carbonyl (C=O) groups is 2. The summed E-state index contributed by atoms with van der Waals surface area (Å²) in [5, 5.41) is 3.12. The van der Waals surface area contributed by atoms with E-state index < -0.39 is 11.6 Å². The fraction of sp³-hybridized carbons (Fsp3) is 0.278. The van der Waals surface area contributed by atoms with Crippen LogP contribution in [-0.4, -0.2) is 22.5 Å². The summed E-state index contributed by atoms with van der Waals surface area (Å²) in [6.45, 7) is 5.37. The molecule has 0 saturated heterocycles. The molecule has 132 valence electrons. The number of hydrogen-bond donors (Lipinski definition) is 2. The van der Waals surface area contributed by atoms with Crippen LogP contribution in [0.1, 0.15) is 36.7 Å².